The third-order valence-electron chi connectivity index (χ3n) is 7.88. The molecule has 0 radical (unpaired) electrons. The molecule has 234 valence electrons. The highest BCUT2D eigenvalue weighted by Gasteiger charge is 2.31. The van der Waals surface area contributed by atoms with Crippen molar-refractivity contribution in [2.75, 3.05) is 20.1 Å². The van der Waals surface area contributed by atoms with Crippen LogP contribution in [0.5, 0.6) is 0 Å². The molecule has 44 heavy (non-hydrogen) atoms. The van der Waals surface area contributed by atoms with E-state index in [4.69, 9.17) is 0 Å². The number of hydrogen-bond acceptors (Lipinski definition) is 5. The molecule has 0 aliphatic carbocycles. The van der Waals surface area contributed by atoms with Crippen molar-refractivity contribution < 1.29 is 28.3 Å². The molecule has 11 heteroatoms. The Labute approximate surface area is 254 Å². The van der Waals surface area contributed by atoms with E-state index in [1.165, 1.54) is 16.7 Å². The standard InChI is InChI=1S/C33H38F2N4O5/c1-18(2)12-27(37-31(42)23-10-7-11-39(33(23)44)22-16-38(5)17-22)32(43)36-26(15-28(40)41)24-13-21(14-25(34)30(24)35)29-19(3)8-6-9-20(29)4/h6-11,13-14,18,22,26-27H,12,15-17H2,1-5H3,(H,36,43)(H,37,42)(H,40,41)/t26-,27-/m0/s1. The molecule has 1 fully saturated rings. The third-order valence-corrected chi connectivity index (χ3v) is 7.88. The maximum atomic E-state index is 15.3. The summed E-state index contributed by atoms with van der Waals surface area (Å²) in [5.74, 6) is -5.45. The maximum absolute atomic E-state index is 15.3. The van der Waals surface area contributed by atoms with Crippen molar-refractivity contribution >= 4 is 17.8 Å². The SMILES string of the molecule is Cc1cccc(C)c1-c1cc(F)c(F)c([C@H](CC(=O)O)NC(=O)[C@H](CC(C)C)NC(=O)c2cccn(C3CN(C)C3)c2=O)c1. The van der Waals surface area contributed by atoms with E-state index in [9.17, 15) is 28.7 Å². The number of nitrogens with zero attached hydrogens (tertiary/aromatic N) is 2. The van der Waals surface area contributed by atoms with E-state index in [1.807, 2.05) is 57.8 Å². The lowest BCUT2D eigenvalue weighted by Gasteiger charge is -2.37. The highest BCUT2D eigenvalue weighted by Crippen LogP contribution is 2.33. The van der Waals surface area contributed by atoms with Gasteiger partial charge in [0.05, 0.1) is 18.5 Å². The number of likely N-dealkylation sites (N-methyl/N-ethyl adjacent to an activating group) is 1. The van der Waals surface area contributed by atoms with Gasteiger partial charge in [-0.2, -0.15) is 0 Å². The van der Waals surface area contributed by atoms with Crippen molar-refractivity contribution in [1.82, 2.24) is 20.1 Å². The number of carboxylic acids is 1. The maximum Gasteiger partial charge on any atom is 0.305 e. The van der Waals surface area contributed by atoms with Gasteiger partial charge in [0.1, 0.15) is 11.6 Å². The van der Waals surface area contributed by atoms with Gasteiger partial charge in [0.2, 0.25) is 5.91 Å². The number of carbonyl (C=O) groups excluding carboxylic acids is 2. The molecule has 2 atom stereocenters. The van der Waals surface area contributed by atoms with E-state index >= 15 is 4.39 Å². The normalized spacial score (nSPS) is 15.0. The Morgan fingerprint density at radius 2 is 1.68 bits per heavy atom. The van der Waals surface area contributed by atoms with E-state index in [2.05, 4.69) is 10.6 Å². The zero-order valence-electron chi connectivity index (χ0n) is 25.5. The highest BCUT2D eigenvalue weighted by atomic mass is 19.2. The second-order valence-corrected chi connectivity index (χ2v) is 12.0. The summed E-state index contributed by atoms with van der Waals surface area (Å²) in [6.07, 6.45) is 1.02. The van der Waals surface area contributed by atoms with E-state index in [-0.39, 0.29) is 29.5 Å². The first-order valence-electron chi connectivity index (χ1n) is 14.5. The number of pyridine rings is 1. The second kappa shape index (κ2) is 13.5. The Bertz CT molecular complexity index is 1610. The minimum atomic E-state index is -1.45. The Hall–Kier alpha value is -4.38. The topological polar surface area (TPSA) is 121 Å². The molecule has 1 aliphatic heterocycles. The number of nitrogens with one attached hydrogen (secondary N) is 2. The van der Waals surface area contributed by atoms with Crippen LogP contribution in [-0.4, -0.2) is 58.5 Å². The summed E-state index contributed by atoms with van der Waals surface area (Å²) in [6, 6.07) is 8.15. The monoisotopic (exact) mass is 608 g/mol. The van der Waals surface area contributed by atoms with Gasteiger partial charge in [-0.3, -0.25) is 19.2 Å². The van der Waals surface area contributed by atoms with Crippen LogP contribution in [0.3, 0.4) is 0 Å². The number of aryl methyl sites for hydroxylation is 2. The van der Waals surface area contributed by atoms with Gasteiger partial charge in [-0.1, -0.05) is 32.0 Å². The highest BCUT2D eigenvalue weighted by molar-refractivity contribution is 5.97. The summed E-state index contributed by atoms with van der Waals surface area (Å²) in [4.78, 5) is 53.9. The Morgan fingerprint density at radius 1 is 1.02 bits per heavy atom. The molecule has 1 aromatic heterocycles. The zero-order chi connectivity index (χ0) is 32.3. The van der Waals surface area contributed by atoms with Crippen LogP contribution < -0.4 is 16.2 Å². The van der Waals surface area contributed by atoms with Crippen molar-refractivity contribution in [1.29, 1.82) is 0 Å². The fourth-order valence-electron chi connectivity index (χ4n) is 5.72. The summed E-state index contributed by atoms with van der Waals surface area (Å²) in [5.41, 5.74) is 1.67. The minimum Gasteiger partial charge on any atom is -0.481 e. The minimum absolute atomic E-state index is 0.0682. The fourth-order valence-corrected chi connectivity index (χ4v) is 5.72. The fraction of sp³-hybridized carbons (Fsp3) is 0.394. The molecule has 1 aliphatic rings. The van der Waals surface area contributed by atoms with Crippen LogP contribution in [0, 0.1) is 31.4 Å². The van der Waals surface area contributed by atoms with Gasteiger partial charge in [0.15, 0.2) is 11.6 Å². The third kappa shape index (κ3) is 7.21. The molecule has 0 spiro atoms. The summed E-state index contributed by atoms with van der Waals surface area (Å²) in [6.45, 7) is 8.63. The summed E-state index contributed by atoms with van der Waals surface area (Å²) < 4.78 is 31.7. The quantitative estimate of drug-likeness (QED) is 0.297. The average Bonchev–Trinajstić information content (AvgIpc) is 2.92. The number of aliphatic carboxylic acids is 1. The Kier molecular flexibility index (Phi) is 9.98. The van der Waals surface area contributed by atoms with Gasteiger partial charge in [-0.25, -0.2) is 8.78 Å². The molecule has 9 nitrogen and oxygen atoms in total. The number of amides is 2. The Balaban J connectivity index is 1.64. The molecule has 2 amide bonds. The van der Waals surface area contributed by atoms with Crippen molar-refractivity contribution in [3.05, 3.63) is 92.9 Å². The molecule has 2 heterocycles. The van der Waals surface area contributed by atoms with Crippen molar-refractivity contribution in [3.63, 3.8) is 0 Å². The number of carbonyl (C=O) groups is 3. The predicted octanol–water partition coefficient (Wildman–Crippen LogP) is 4.37. The largest absolute Gasteiger partial charge is 0.481 e. The van der Waals surface area contributed by atoms with Crippen molar-refractivity contribution in [2.24, 2.45) is 5.92 Å². The van der Waals surface area contributed by atoms with E-state index in [0.717, 1.165) is 17.2 Å². The molecule has 1 saturated heterocycles. The van der Waals surface area contributed by atoms with Crippen molar-refractivity contribution in [2.45, 2.75) is 58.7 Å². The number of aromatic nitrogens is 1. The first-order chi connectivity index (χ1) is 20.8. The number of rotatable bonds is 11. The molecule has 0 saturated carbocycles. The van der Waals surface area contributed by atoms with Crippen LogP contribution >= 0.6 is 0 Å². The molecular formula is C33H38F2N4O5. The van der Waals surface area contributed by atoms with Gasteiger partial charge in [-0.05, 0) is 79.8 Å². The van der Waals surface area contributed by atoms with E-state index < -0.39 is 53.5 Å². The second-order valence-electron chi connectivity index (χ2n) is 12.0. The Morgan fingerprint density at radius 3 is 2.27 bits per heavy atom. The molecule has 3 aromatic rings. The van der Waals surface area contributed by atoms with Crippen LogP contribution in [0.15, 0.2) is 53.5 Å². The lowest BCUT2D eigenvalue weighted by molar-refractivity contribution is -0.137. The van der Waals surface area contributed by atoms with Crippen molar-refractivity contribution in [3.8, 4) is 11.1 Å². The molecular weight excluding hydrogens is 570 g/mol. The zero-order valence-corrected chi connectivity index (χ0v) is 25.5. The number of benzene rings is 2. The summed E-state index contributed by atoms with van der Waals surface area (Å²) >= 11 is 0. The van der Waals surface area contributed by atoms with Gasteiger partial charge >= 0.3 is 5.97 Å². The lowest BCUT2D eigenvalue weighted by Crippen LogP contribution is -2.51. The lowest BCUT2D eigenvalue weighted by atomic mass is 9.92. The molecule has 2 aromatic carbocycles. The molecule has 3 N–H and O–H groups in total. The van der Waals surface area contributed by atoms with Crippen LogP contribution in [0.4, 0.5) is 8.78 Å². The number of halogens is 2. The predicted molar refractivity (Wildman–Crippen MR) is 162 cm³/mol. The van der Waals surface area contributed by atoms with Crippen LogP contribution in [0.25, 0.3) is 11.1 Å². The first kappa shape index (κ1) is 32.5. The smallest absolute Gasteiger partial charge is 0.305 e. The van der Waals surface area contributed by atoms with Crippen LogP contribution in [-0.2, 0) is 9.59 Å². The van der Waals surface area contributed by atoms with Gasteiger partial charge < -0.3 is 25.2 Å². The number of hydrogen-bond donors (Lipinski definition) is 3. The molecule has 0 unspecified atom stereocenters. The van der Waals surface area contributed by atoms with Crippen LogP contribution in [0.1, 0.15) is 65.8 Å². The van der Waals surface area contributed by atoms with E-state index in [0.29, 0.717) is 24.2 Å². The van der Waals surface area contributed by atoms with Crippen LogP contribution in [0.2, 0.25) is 0 Å². The van der Waals surface area contributed by atoms with E-state index in [1.54, 1.807) is 12.3 Å². The summed E-state index contributed by atoms with van der Waals surface area (Å²) in [5, 5.41) is 14.8. The molecule has 4 rings (SSSR count). The summed E-state index contributed by atoms with van der Waals surface area (Å²) in [7, 11) is 1.92. The number of carboxylic acid groups (broad SMARTS) is 1. The van der Waals surface area contributed by atoms with Gasteiger partial charge in [0.25, 0.3) is 11.5 Å². The average molecular weight is 609 g/mol. The number of likely N-dealkylation sites (tertiary alicyclic amines) is 1. The molecule has 0 bridgehead atoms. The first-order valence-corrected chi connectivity index (χ1v) is 14.5. The van der Waals surface area contributed by atoms with Gasteiger partial charge in [0, 0.05) is 24.8 Å². The van der Waals surface area contributed by atoms with Gasteiger partial charge in [-0.15, -0.1) is 0 Å².